The van der Waals surface area contributed by atoms with Gasteiger partial charge < -0.3 is 19.6 Å². The van der Waals surface area contributed by atoms with Crippen LogP contribution < -0.4 is 14.4 Å². The Hall–Kier alpha value is -4.23. The Kier molecular flexibility index (Phi) is 5.70. The third-order valence-corrected chi connectivity index (χ3v) is 6.42. The summed E-state index contributed by atoms with van der Waals surface area (Å²) in [7, 11) is 2.87. The zero-order chi connectivity index (χ0) is 24.7. The number of carbonyl (C=O) groups is 2. The lowest BCUT2D eigenvalue weighted by Gasteiger charge is -2.25. The number of fused-ring (bicyclic) bond motifs is 1. The van der Waals surface area contributed by atoms with Gasteiger partial charge in [0, 0.05) is 34.4 Å². The number of methoxy groups -OCH3 is 2. The Morgan fingerprint density at radius 1 is 0.971 bits per heavy atom. The van der Waals surface area contributed by atoms with E-state index in [9.17, 15) is 14.7 Å². The zero-order valence-corrected chi connectivity index (χ0v) is 19.7. The summed E-state index contributed by atoms with van der Waals surface area (Å²) in [6.07, 6.45) is 1.75. The summed E-state index contributed by atoms with van der Waals surface area (Å²) in [6.45, 7) is 0. The molecule has 4 aromatic rings. The number of amides is 1. The average Bonchev–Trinajstić information content (AvgIpc) is 3.42. The Bertz CT molecular complexity index is 1490. The topological polar surface area (TPSA) is 91.9 Å². The summed E-state index contributed by atoms with van der Waals surface area (Å²) in [5.74, 6) is -1.42. The van der Waals surface area contributed by atoms with Crippen molar-refractivity contribution in [1.29, 1.82) is 0 Å². The SMILES string of the molecule is COc1cc(/C(O)=C2\C(=O)C(=O)N(c3ccccc3)C2c2c[nH]c3ccccc23)c(OC)cc1Cl. The van der Waals surface area contributed by atoms with E-state index >= 15 is 0 Å². The highest BCUT2D eigenvalue weighted by molar-refractivity contribution is 6.52. The summed E-state index contributed by atoms with van der Waals surface area (Å²) in [5.41, 5.74) is 2.16. The van der Waals surface area contributed by atoms with E-state index in [2.05, 4.69) is 4.98 Å². The number of aromatic amines is 1. The van der Waals surface area contributed by atoms with E-state index in [1.54, 1.807) is 30.5 Å². The third kappa shape index (κ3) is 3.61. The van der Waals surface area contributed by atoms with Gasteiger partial charge in [0.25, 0.3) is 11.7 Å². The molecule has 1 aliphatic heterocycles. The number of rotatable bonds is 5. The normalized spacial score (nSPS) is 17.2. The first-order valence-electron chi connectivity index (χ1n) is 10.8. The fraction of sp³-hybridized carbons (Fsp3) is 0.111. The number of halogens is 1. The molecule has 1 aromatic heterocycles. The molecule has 1 aliphatic rings. The summed E-state index contributed by atoms with van der Waals surface area (Å²) in [5, 5.41) is 12.6. The molecule has 0 aliphatic carbocycles. The summed E-state index contributed by atoms with van der Waals surface area (Å²) < 4.78 is 10.7. The van der Waals surface area contributed by atoms with Gasteiger partial charge in [-0.25, -0.2) is 0 Å². The fourth-order valence-corrected chi connectivity index (χ4v) is 4.72. The Morgan fingerprint density at radius 2 is 1.66 bits per heavy atom. The van der Waals surface area contributed by atoms with Crippen LogP contribution in [0.3, 0.4) is 0 Å². The van der Waals surface area contributed by atoms with Crippen LogP contribution in [0.5, 0.6) is 11.5 Å². The highest BCUT2D eigenvalue weighted by Gasteiger charge is 2.48. The minimum Gasteiger partial charge on any atom is -0.507 e. The van der Waals surface area contributed by atoms with Crippen molar-refractivity contribution in [2.75, 3.05) is 19.1 Å². The van der Waals surface area contributed by atoms with Crippen molar-refractivity contribution in [3.8, 4) is 11.5 Å². The number of aliphatic hydroxyl groups is 1. The molecular weight excluding hydrogens is 468 g/mol. The molecule has 1 fully saturated rings. The number of para-hydroxylation sites is 2. The number of nitrogens with one attached hydrogen (secondary N) is 1. The first-order valence-corrected chi connectivity index (χ1v) is 11.2. The Morgan fingerprint density at radius 3 is 2.37 bits per heavy atom. The van der Waals surface area contributed by atoms with Gasteiger partial charge >= 0.3 is 0 Å². The Labute approximate surface area is 206 Å². The predicted molar refractivity (Wildman–Crippen MR) is 134 cm³/mol. The number of ether oxygens (including phenoxy) is 2. The maximum Gasteiger partial charge on any atom is 0.300 e. The molecule has 0 spiro atoms. The lowest BCUT2D eigenvalue weighted by molar-refractivity contribution is -0.132. The number of anilines is 1. The van der Waals surface area contributed by atoms with Gasteiger partial charge in [-0.05, 0) is 24.3 Å². The number of hydrogen-bond donors (Lipinski definition) is 2. The molecule has 176 valence electrons. The van der Waals surface area contributed by atoms with Crippen molar-refractivity contribution in [2.24, 2.45) is 0 Å². The molecule has 1 unspecified atom stereocenters. The van der Waals surface area contributed by atoms with Crippen molar-refractivity contribution in [3.05, 3.63) is 94.6 Å². The van der Waals surface area contributed by atoms with Crippen LogP contribution in [0.25, 0.3) is 16.7 Å². The van der Waals surface area contributed by atoms with Crippen molar-refractivity contribution in [2.45, 2.75) is 6.04 Å². The maximum atomic E-state index is 13.4. The fourth-order valence-electron chi connectivity index (χ4n) is 4.49. The van der Waals surface area contributed by atoms with Crippen molar-refractivity contribution in [3.63, 3.8) is 0 Å². The van der Waals surface area contributed by atoms with Gasteiger partial charge in [0.2, 0.25) is 0 Å². The molecule has 7 nitrogen and oxygen atoms in total. The molecular formula is C27H21ClN2O5. The number of benzene rings is 3. The number of Topliss-reactive ketones (excluding diaryl/α,β-unsaturated/α-hetero) is 1. The molecule has 1 saturated heterocycles. The first kappa shape index (κ1) is 22.6. The van der Waals surface area contributed by atoms with Gasteiger partial charge in [-0.3, -0.25) is 14.5 Å². The monoisotopic (exact) mass is 488 g/mol. The van der Waals surface area contributed by atoms with E-state index in [0.717, 1.165) is 10.9 Å². The number of ketones is 1. The summed E-state index contributed by atoms with van der Waals surface area (Å²) in [4.78, 5) is 31.4. The van der Waals surface area contributed by atoms with Crippen LogP contribution >= 0.6 is 11.6 Å². The van der Waals surface area contributed by atoms with E-state index in [1.807, 2.05) is 30.3 Å². The number of hydrogen-bond acceptors (Lipinski definition) is 5. The van der Waals surface area contributed by atoms with Crippen LogP contribution in [-0.2, 0) is 9.59 Å². The van der Waals surface area contributed by atoms with Crippen LogP contribution in [0.15, 0.2) is 78.5 Å². The van der Waals surface area contributed by atoms with Gasteiger partial charge in [0.05, 0.1) is 36.4 Å². The Balaban J connectivity index is 1.81. The molecule has 1 atom stereocenters. The van der Waals surface area contributed by atoms with Gasteiger partial charge in [0.15, 0.2) is 0 Å². The quantitative estimate of drug-likeness (QED) is 0.221. The van der Waals surface area contributed by atoms with Crippen molar-refractivity contribution >= 4 is 45.6 Å². The van der Waals surface area contributed by atoms with E-state index in [0.29, 0.717) is 11.3 Å². The zero-order valence-electron chi connectivity index (χ0n) is 18.9. The number of aliphatic hydroxyl groups excluding tert-OH is 1. The minimum absolute atomic E-state index is 0.0636. The molecule has 1 amide bonds. The van der Waals surface area contributed by atoms with E-state index in [-0.39, 0.29) is 33.4 Å². The molecule has 35 heavy (non-hydrogen) atoms. The first-order chi connectivity index (χ1) is 17.0. The highest BCUT2D eigenvalue weighted by Crippen LogP contribution is 2.46. The molecule has 2 N–H and O–H groups in total. The summed E-state index contributed by atoms with van der Waals surface area (Å²) in [6, 6.07) is 18.6. The second-order valence-corrected chi connectivity index (χ2v) is 8.39. The number of H-pyrrole nitrogens is 1. The van der Waals surface area contributed by atoms with Gasteiger partial charge in [-0.15, -0.1) is 0 Å². The molecule has 8 heteroatoms. The van der Waals surface area contributed by atoms with Crippen LogP contribution in [0.2, 0.25) is 5.02 Å². The van der Waals surface area contributed by atoms with Crippen molar-refractivity contribution < 1.29 is 24.2 Å². The lowest BCUT2D eigenvalue weighted by atomic mass is 9.94. The van der Waals surface area contributed by atoms with Crippen LogP contribution in [0, 0.1) is 0 Å². The highest BCUT2D eigenvalue weighted by atomic mass is 35.5. The third-order valence-electron chi connectivity index (χ3n) is 6.12. The van der Waals surface area contributed by atoms with Crippen molar-refractivity contribution in [1.82, 2.24) is 4.98 Å². The molecule has 2 heterocycles. The maximum absolute atomic E-state index is 13.4. The number of aromatic nitrogens is 1. The molecule has 0 radical (unpaired) electrons. The lowest BCUT2D eigenvalue weighted by Crippen LogP contribution is -2.29. The minimum atomic E-state index is -0.889. The van der Waals surface area contributed by atoms with Gasteiger partial charge in [-0.2, -0.15) is 0 Å². The average molecular weight is 489 g/mol. The number of nitrogens with zero attached hydrogens (tertiary/aromatic N) is 1. The molecule has 5 rings (SSSR count). The molecule has 3 aromatic carbocycles. The van der Waals surface area contributed by atoms with E-state index in [4.69, 9.17) is 21.1 Å². The van der Waals surface area contributed by atoms with Gasteiger partial charge in [0.1, 0.15) is 17.3 Å². The standard InChI is InChI=1S/C27H21ClN2O5/c1-34-21-13-19(28)22(35-2)12-17(21)25(31)23-24(18-14-29-20-11-7-6-10-16(18)20)30(27(33)26(23)32)15-8-4-3-5-9-15/h3-14,24,29,31H,1-2H3/b25-23+. The van der Waals surface area contributed by atoms with Crippen LogP contribution in [0.1, 0.15) is 17.2 Å². The van der Waals surface area contributed by atoms with Gasteiger partial charge in [-0.1, -0.05) is 48.0 Å². The van der Waals surface area contributed by atoms with Crippen LogP contribution in [0.4, 0.5) is 5.69 Å². The van der Waals surface area contributed by atoms with Crippen LogP contribution in [-0.4, -0.2) is 36.0 Å². The molecule has 0 saturated carbocycles. The second-order valence-electron chi connectivity index (χ2n) is 7.98. The number of carbonyl (C=O) groups excluding carboxylic acids is 2. The largest absolute Gasteiger partial charge is 0.507 e. The predicted octanol–water partition coefficient (Wildman–Crippen LogP) is 5.46. The van der Waals surface area contributed by atoms with E-state index < -0.39 is 17.7 Å². The smallest absolute Gasteiger partial charge is 0.300 e. The summed E-state index contributed by atoms with van der Waals surface area (Å²) >= 11 is 6.24. The second kappa shape index (κ2) is 8.85. The van der Waals surface area contributed by atoms with E-state index in [1.165, 1.54) is 31.3 Å². The molecule has 0 bridgehead atoms.